The summed E-state index contributed by atoms with van der Waals surface area (Å²) >= 11 is 0. The van der Waals surface area contributed by atoms with E-state index in [2.05, 4.69) is 5.32 Å². The van der Waals surface area contributed by atoms with Gasteiger partial charge >= 0.3 is 0 Å². The molecule has 0 saturated heterocycles. The molecule has 17 heavy (non-hydrogen) atoms. The number of aromatic hydroxyl groups is 1. The summed E-state index contributed by atoms with van der Waals surface area (Å²) in [7, 11) is 0. The fraction of sp³-hybridized carbons (Fsp3) is 0.462. The van der Waals surface area contributed by atoms with Gasteiger partial charge in [0.05, 0.1) is 5.56 Å². The maximum absolute atomic E-state index is 11.9. The molecule has 0 bridgehead atoms. The zero-order valence-corrected chi connectivity index (χ0v) is 9.99. The number of carbonyl (C=O) groups excluding carboxylic acids is 1. The second-order valence-corrected chi connectivity index (χ2v) is 4.92. The van der Waals surface area contributed by atoms with Gasteiger partial charge in [0.15, 0.2) is 0 Å². The van der Waals surface area contributed by atoms with Crippen LogP contribution in [0.1, 0.15) is 35.2 Å². The summed E-state index contributed by atoms with van der Waals surface area (Å²) in [6, 6.07) is 4.98. The van der Waals surface area contributed by atoms with E-state index >= 15 is 0 Å². The van der Waals surface area contributed by atoms with Gasteiger partial charge < -0.3 is 16.2 Å². The SMILES string of the molecule is Cc1ccc(O)c(C(=O)NCC2(N)CCC2)c1. The third-order valence-corrected chi connectivity index (χ3v) is 3.35. The summed E-state index contributed by atoms with van der Waals surface area (Å²) in [6.07, 6.45) is 3.03. The van der Waals surface area contributed by atoms with Gasteiger partial charge in [0.2, 0.25) is 0 Å². The molecule has 0 aromatic heterocycles. The largest absolute Gasteiger partial charge is 0.507 e. The van der Waals surface area contributed by atoms with E-state index in [0.29, 0.717) is 12.1 Å². The van der Waals surface area contributed by atoms with Crippen LogP contribution in [0, 0.1) is 6.92 Å². The Bertz CT molecular complexity index is 439. The minimum Gasteiger partial charge on any atom is -0.507 e. The molecule has 0 heterocycles. The van der Waals surface area contributed by atoms with Crippen LogP contribution in [0.2, 0.25) is 0 Å². The highest BCUT2D eigenvalue weighted by atomic mass is 16.3. The number of hydrogen-bond acceptors (Lipinski definition) is 3. The van der Waals surface area contributed by atoms with Crippen molar-refractivity contribution in [3.05, 3.63) is 29.3 Å². The highest BCUT2D eigenvalue weighted by molar-refractivity contribution is 5.97. The third-order valence-electron chi connectivity index (χ3n) is 3.35. The van der Waals surface area contributed by atoms with Gasteiger partial charge in [-0.15, -0.1) is 0 Å². The molecule has 2 rings (SSSR count). The van der Waals surface area contributed by atoms with Crippen molar-refractivity contribution < 1.29 is 9.90 Å². The third kappa shape index (κ3) is 2.58. The summed E-state index contributed by atoms with van der Waals surface area (Å²) in [5.41, 5.74) is 7.04. The molecule has 0 unspecified atom stereocenters. The molecule has 0 atom stereocenters. The average molecular weight is 234 g/mol. The van der Waals surface area contributed by atoms with Crippen molar-refractivity contribution in [1.29, 1.82) is 0 Å². The Morgan fingerprint density at radius 3 is 2.82 bits per heavy atom. The molecule has 1 aliphatic rings. The van der Waals surface area contributed by atoms with Crippen molar-refractivity contribution >= 4 is 5.91 Å². The second-order valence-electron chi connectivity index (χ2n) is 4.92. The van der Waals surface area contributed by atoms with Crippen LogP contribution < -0.4 is 11.1 Å². The zero-order chi connectivity index (χ0) is 12.5. The summed E-state index contributed by atoms with van der Waals surface area (Å²) in [5.74, 6) is -0.254. The van der Waals surface area contributed by atoms with Gasteiger partial charge in [-0.3, -0.25) is 4.79 Å². The lowest BCUT2D eigenvalue weighted by Gasteiger charge is -2.38. The van der Waals surface area contributed by atoms with E-state index in [1.54, 1.807) is 12.1 Å². The first-order valence-corrected chi connectivity index (χ1v) is 5.87. The number of nitrogens with two attached hydrogens (primary N) is 1. The molecule has 4 N–H and O–H groups in total. The Morgan fingerprint density at radius 2 is 2.24 bits per heavy atom. The number of phenols is 1. The molecule has 1 aromatic carbocycles. The van der Waals surface area contributed by atoms with E-state index in [1.165, 1.54) is 6.07 Å². The van der Waals surface area contributed by atoms with E-state index in [4.69, 9.17) is 5.73 Å². The predicted molar refractivity (Wildman–Crippen MR) is 65.9 cm³/mol. The molecule has 1 aliphatic carbocycles. The molecule has 92 valence electrons. The molecule has 4 nitrogen and oxygen atoms in total. The Labute approximate surface area is 101 Å². The molecule has 0 radical (unpaired) electrons. The summed E-state index contributed by atoms with van der Waals surface area (Å²) in [4.78, 5) is 11.9. The quantitative estimate of drug-likeness (QED) is 0.738. The van der Waals surface area contributed by atoms with E-state index in [1.807, 2.05) is 6.92 Å². The highest BCUT2D eigenvalue weighted by Gasteiger charge is 2.32. The molecule has 4 heteroatoms. The fourth-order valence-corrected chi connectivity index (χ4v) is 1.99. The molecule has 0 spiro atoms. The molecular formula is C13H18N2O2. The number of aryl methyl sites for hydroxylation is 1. The van der Waals surface area contributed by atoms with Gasteiger partial charge in [0, 0.05) is 12.1 Å². The summed E-state index contributed by atoms with van der Waals surface area (Å²) in [5, 5.41) is 12.4. The van der Waals surface area contributed by atoms with Crippen LogP contribution in [-0.4, -0.2) is 23.1 Å². The number of hydrogen-bond donors (Lipinski definition) is 3. The molecule has 1 saturated carbocycles. The predicted octanol–water partition coefficient (Wildman–Crippen LogP) is 1.31. The van der Waals surface area contributed by atoms with Crippen LogP contribution in [0.25, 0.3) is 0 Å². The van der Waals surface area contributed by atoms with E-state index in [0.717, 1.165) is 24.8 Å². The molecule has 1 amide bonds. The average Bonchev–Trinajstić information content (AvgIpc) is 2.26. The van der Waals surface area contributed by atoms with Crippen LogP contribution >= 0.6 is 0 Å². The zero-order valence-electron chi connectivity index (χ0n) is 9.99. The highest BCUT2D eigenvalue weighted by Crippen LogP contribution is 2.28. The van der Waals surface area contributed by atoms with Crippen LogP contribution in [-0.2, 0) is 0 Å². The van der Waals surface area contributed by atoms with Crippen LogP contribution in [0.5, 0.6) is 5.75 Å². The number of carbonyl (C=O) groups is 1. The van der Waals surface area contributed by atoms with Crippen molar-refractivity contribution in [3.63, 3.8) is 0 Å². The number of rotatable bonds is 3. The Hall–Kier alpha value is -1.55. The molecule has 0 aliphatic heterocycles. The van der Waals surface area contributed by atoms with Crippen molar-refractivity contribution in [2.75, 3.05) is 6.54 Å². The summed E-state index contributed by atoms with van der Waals surface area (Å²) in [6.45, 7) is 2.35. The first-order chi connectivity index (χ1) is 8.00. The van der Waals surface area contributed by atoms with Gasteiger partial charge in [-0.2, -0.15) is 0 Å². The standard InChI is InChI=1S/C13H18N2O2/c1-9-3-4-11(16)10(7-9)12(17)15-8-13(14)5-2-6-13/h3-4,7,16H,2,5-6,8,14H2,1H3,(H,15,17). The maximum atomic E-state index is 11.9. The van der Waals surface area contributed by atoms with Crippen molar-refractivity contribution in [3.8, 4) is 5.75 Å². The van der Waals surface area contributed by atoms with E-state index < -0.39 is 0 Å². The first kappa shape index (κ1) is 11.9. The Balaban J connectivity index is 2.01. The van der Waals surface area contributed by atoms with Crippen LogP contribution in [0.3, 0.4) is 0 Å². The number of benzene rings is 1. The van der Waals surface area contributed by atoms with Gasteiger partial charge in [-0.1, -0.05) is 11.6 Å². The minimum atomic E-state index is -0.261. The first-order valence-electron chi connectivity index (χ1n) is 5.87. The van der Waals surface area contributed by atoms with E-state index in [-0.39, 0.29) is 17.2 Å². The topological polar surface area (TPSA) is 75.3 Å². The van der Waals surface area contributed by atoms with Crippen molar-refractivity contribution in [1.82, 2.24) is 5.32 Å². The Morgan fingerprint density at radius 1 is 1.53 bits per heavy atom. The smallest absolute Gasteiger partial charge is 0.255 e. The van der Waals surface area contributed by atoms with Crippen LogP contribution in [0.15, 0.2) is 18.2 Å². The Kier molecular flexibility index (Phi) is 3.07. The normalized spacial score (nSPS) is 17.3. The molecule has 1 fully saturated rings. The number of amides is 1. The fourth-order valence-electron chi connectivity index (χ4n) is 1.99. The molecule has 1 aromatic rings. The maximum Gasteiger partial charge on any atom is 0.255 e. The van der Waals surface area contributed by atoms with Crippen molar-refractivity contribution in [2.24, 2.45) is 5.73 Å². The number of phenolic OH excluding ortho intramolecular Hbond substituents is 1. The van der Waals surface area contributed by atoms with Gasteiger partial charge in [-0.05, 0) is 38.3 Å². The number of nitrogens with one attached hydrogen (secondary N) is 1. The lowest BCUT2D eigenvalue weighted by atomic mass is 9.78. The monoisotopic (exact) mass is 234 g/mol. The second kappa shape index (κ2) is 4.37. The lowest BCUT2D eigenvalue weighted by Crippen LogP contribution is -2.54. The van der Waals surface area contributed by atoms with Gasteiger partial charge in [-0.25, -0.2) is 0 Å². The van der Waals surface area contributed by atoms with Gasteiger partial charge in [0.1, 0.15) is 5.75 Å². The van der Waals surface area contributed by atoms with Crippen LogP contribution in [0.4, 0.5) is 0 Å². The van der Waals surface area contributed by atoms with Crippen molar-refractivity contribution in [2.45, 2.75) is 31.7 Å². The minimum absolute atomic E-state index is 0.00720. The summed E-state index contributed by atoms with van der Waals surface area (Å²) < 4.78 is 0. The lowest BCUT2D eigenvalue weighted by molar-refractivity contribution is 0.0927. The van der Waals surface area contributed by atoms with E-state index in [9.17, 15) is 9.90 Å². The van der Waals surface area contributed by atoms with Gasteiger partial charge in [0.25, 0.3) is 5.91 Å². The molecular weight excluding hydrogens is 216 g/mol.